The molecule has 0 bridgehead atoms. The van der Waals surface area contributed by atoms with Crippen LogP contribution in [0.15, 0.2) is 60.7 Å². The molecule has 0 heterocycles. The minimum Gasteiger partial charge on any atom is -0.496 e. The van der Waals surface area contributed by atoms with Gasteiger partial charge in [0.1, 0.15) is 5.75 Å². The number of methoxy groups -OCH3 is 1. The zero-order chi connectivity index (χ0) is 22.1. The molecule has 0 spiro atoms. The average Bonchev–Trinajstić information content (AvgIpc) is 2.72. The number of aryl methyl sites for hydroxylation is 3. The highest BCUT2D eigenvalue weighted by Crippen LogP contribution is 2.55. The van der Waals surface area contributed by atoms with Gasteiger partial charge in [0.2, 0.25) is 11.0 Å². The van der Waals surface area contributed by atoms with Crippen LogP contribution in [0.4, 0.5) is 0 Å². The van der Waals surface area contributed by atoms with Crippen LogP contribution in [0.5, 0.6) is 5.75 Å². The average molecular weight is 441 g/mol. The van der Waals surface area contributed by atoms with E-state index in [9.17, 15) is 14.2 Å². The number of rotatable bonds is 6. The Morgan fingerprint density at radius 3 is 2.03 bits per heavy atom. The second kappa shape index (κ2) is 8.59. The van der Waals surface area contributed by atoms with E-state index in [0.717, 1.165) is 5.56 Å². The van der Waals surface area contributed by atoms with E-state index in [1.54, 1.807) is 56.3 Å². The summed E-state index contributed by atoms with van der Waals surface area (Å²) in [5, 5.41) is -0.00914. The molecule has 1 unspecified atom stereocenters. The van der Waals surface area contributed by atoms with Crippen molar-refractivity contribution in [2.75, 3.05) is 7.11 Å². The summed E-state index contributed by atoms with van der Waals surface area (Å²) < 4.78 is 19.9. The standard InChI is InChI=1S/C24H22ClO4P/c1-15-13-16(2)21(17(3)14-15)24(27)30(28,23(26)18-9-6-5-7-10-18)22-19(25)11-8-12-20(22)29-4/h5-14H,1-4H3. The lowest BCUT2D eigenvalue weighted by atomic mass is 10.0. The molecular formula is C24H22ClO4P. The van der Waals surface area contributed by atoms with Crippen molar-refractivity contribution in [2.45, 2.75) is 20.8 Å². The SMILES string of the molecule is COc1cccc(Cl)c1P(=O)(C(=O)c1ccccc1)C(=O)c1c(C)cc(C)cc1C. The number of hydrogen-bond donors (Lipinski definition) is 0. The molecule has 3 aromatic carbocycles. The molecule has 0 aliphatic heterocycles. The molecule has 0 radical (unpaired) electrons. The lowest BCUT2D eigenvalue weighted by Gasteiger charge is -2.22. The van der Waals surface area contributed by atoms with E-state index in [-0.39, 0.29) is 27.2 Å². The van der Waals surface area contributed by atoms with Crippen LogP contribution in [-0.4, -0.2) is 18.2 Å². The normalized spacial score (nSPS) is 12.8. The number of halogens is 1. The molecule has 0 aliphatic carbocycles. The molecule has 30 heavy (non-hydrogen) atoms. The van der Waals surface area contributed by atoms with Crippen molar-refractivity contribution < 1.29 is 18.9 Å². The second-order valence-electron chi connectivity index (χ2n) is 7.15. The van der Waals surface area contributed by atoms with Crippen LogP contribution >= 0.6 is 18.7 Å². The number of ether oxygens (including phenoxy) is 1. The molecule has 0 amide bonds. The van der Waals surface area contributed by atoms with Crippen molar-refractivity contribution in [3.05, 3.63) is 93.5 Å². The summed E-state index contributed by atoms with van der Waals surface area (Å²) in [5.74, 6) is 0.144. The highest BCUT2D eigenvalue weighted by molar-refractivity contribution is 8.01. The van der Waals surface area contributed by atoms with E-state index in [1.807, 2.05) is 19.1 Å². The maximum Gasteiger partial charge on any atom is 0.253 e. The molecule has 4 nitrogen and oxygen atoms in total. The lowest BCUT2D eigenvalue weighted by molar-refractivity contribution is 0.104. The summed E-state index contributed by atoms with van der Waals surface area (Å²) in [6.07, 6.45) is 0. The van der Waals surface area contributed by atoms with E-state index in [1.165, 1.54) is 13.2 Å². The third-order valence-electron chi connectivity index (χ3n) is 4.97. The minimum atomic E-state index is -4.39. The Morgan fingerprint density at radius 2 is 1.47 bits per heavy atom. The van der Waals surface area contributed by atoms with Gasteiger partial charge in [-0.1, -0.05) is 65.7 Å². The van der Waals surface area contributed by atoms with E-state index >= 15 is 0 Å². The predicted octanol–water partition coefficient (Wildman–Crippen LogP) is 5.94. The van der Waals surface area contributed by atoms with Gasteiger partial charge in [0, 0.05) is 11.1 Å². The Morgan fingerprint density at radius 1 is 0.867 bits per heavy atom. The highest BCUT2D eigenvalue weighted by atomic mass is 35.5. The largest absolute Gasteiger partial charge is 0.496 e. The van der Waals surface area contributed by atoms with Crippen LogP contribution in [0.1, 0.15) is 37.4 Å². The lowest BCUT2D eigenvalue weighted by Crippen LogP contribution is -2.24. The summed E-state index contributed by atoms with van der Waals surface area (Å²) in [6.45, 7) is 5.46. The molecule has 0 aliphatic rings. The Bertz CT molecular complexity index is 1160. The first-order valence-corrected chi connectivity index (χ1v) is 11.5. The van der Waals surface area contributed by atoms with Crippen molar-refractivity contribution in [2.24, 2.45) is 0 Å². The minimum absolute atomic E-state index is 0.0535. The van der Waals surface area contributed by atoms with Gasteiger partial charge < -0.3 is 9.30 Å². The van der Waals surface area contributed by atoms with E-state index in [0.29, 0.717) is 11.1 Å². The molecule has 0 saturated heterocycles. The predicted molar refractivity (Wildman–Crippen MR) is 121 cm³/mol. The van der Waals surface area contributed by atoms with Crippen LogP contribution in [0.25, 0.3) is 0 Å². The maximum atomic E-state index is 14.5. The first-order chi connectivity index (χ1) is 14.2. The molecule has 0 saturated carbocycles. The summed E-state index contributed by atoms with van der Waals surface area (Å²) in [5.41, 5.74) is 1.24. The number of carbonyl (C=O) groups is 2. The van der Waals surface area contributed by atoms with Crippen molar-refractivity contribution in [1.82, 2.24) is 0 Å². The van der Waals surface area contributed by atoms with Gasteiger partial charge in [0.15, 0.2) is 0 Å². The highest BCUT2D eigenvalue weighted by Gasteiger charge is 2.47. The van der Waals surface area contributed by atoms with Gasteiger partial charge in [-0.05, 0) is 44.0 Å². The van der Waals surface area contributed by atoms with Crippen molar-refractivity contribution in [1.29, 1.82) is 0 Å². The Balaban J connectivity index is 2.37. The van der Waals surface area contributed by atoms with Gasteiger partial charge in [-0.2, -0.15) is 0 Å². The number of carbonyl (C=O) groups excluding carboxylic acids is 2. The fourth-order valence-corrected chi connectivity index (χ4v) is 6.84. The van der Waals surface area contributed by atoms with Crippen molar-refractivity contribution in [3.8, 4) is 5.75 Å². The molecule has 6 heteroatoms. The monoisotopic (exact) mass is 440 g/mol. The third-order valence-corrected chi connectivity index (χ3v) is 8.13. The second-order valence-corrected chi connectivity index (χ2v) is 10.0. The Labute approximate surface area is 181 Å². The van der Waals surface area contributed by atoms with Crippen LogP contribution in [-0.2, 0) is 4.57 Å². The fourth-order valence-electron chi connectivity index (χ4n) is 3.70. The van der Waals surface area contributed by atoms with E-state index in [2.05, 4.69) is 0 Å². The molecule has 3 aromatic rings. The molecule has 154 valence electrons. The third kappa shape index (κ3) is 3.74. The zero-order valence-corrected chi connectivity index (χ0v) is 18.9. The topological polar surface area (TPSA) is 60.4 Å². The van der Waals surface area contributed by atoms with Gasteiger partial charge in [-0.3, -0.25) is 9.59 Å². The number of hydrogen-bond acceptors (Lipinski definition) is 4. The summed E-state index contributed by atoms with van der Waals surface area (Å²) in [7, 11) is -3.00. The summed E-state index contributed by atoms with van der Waals surface area (Å²) in [4.78, 5) is 27.5. The van der Waals surface area contributed by atoms with Gasteiger partial charge in [-0.15, -0.1) is 0 Å². The van der Waals surface area contributed by atoms with Crippen LogP contribution in [0.2, 0.25) is 5.02 Å². The zero-order valence-electron chi connectivity index (χ0n) is 17.2. The molecule has 0 aromatic heterocycles. The molecule has 3 rings (SSSR count). The van der Waals surface area contributed by atoms with E-state index in [4.69, 9.17) is 16.3 Å². The quantitative estimate of drug-likeness (QED) is 0.445. The summed E-state index contributed by atoms with van der Waals surface area (Å²) in [6, 6.07) is 16.5. The van der Waals surface area contributed by atoms with Crippen molar-refractivity contribution in [3.63, 3.8) is 0 Å². The molecular weight excluding hydrogens is 419 g/mol. The first-order valence-electron chi connectivity index (χ1n) is 9.37. The van der Waals surface area contributed by atoms with E-state index < -0.39 is 18.2 Å². The smallest absolute Gasteiger partial charge is 0.253 e. The van der Waals surface area contributed by atoms with Gasteiger partial charge in [-0.25, -0.2) is 0 Å². The maximum absolute atomic E-state index is 14.5. The van der Waals surface area contributed by atoms with Crippen LogP contribution in [0, 0.1) is 20.8 Å². The van der Waals surface area contributed by atoms with Crippen LogP contribution < -0.4 is 10.0 Å². The van der Waals surface area contributed by atoms with Crippen LogP contribution in [0.3, 0.4) is 0 Å². The Hall–Kier alpha value is -2.68. The molecule has 0 N–H and O–H groups in total. The van der Waals surface area contributed by atoms with Gasteiger partial charge in [0.05, 0.1) is 17.4 Å². The number of benzene rings is 3. The summed E-state index contributed by atoms with van der Waals surface area (Å²) >= 11 is 6.40. The van der Waals surface area contributed by atoms with Gasteiger partial charge in [0.25, 0.3) is 7.14 Å². The molecule has 0 fully saturated rings. The van der Waals surface area contributed by atoms with Gasteiger partial charge >= 0.3 is 0 Å². The Kier molecular flexibility index (Phi) is 6.30. The molecule has 1 atom stereocenters. The first kappa shape index (κ1) is 22.0. The van der Waals surface area contributed by atoms with Crippen molar-refractivity contribution >= 4 is 35.1 Å². The fraction of sp³-hybridized carbons (Fsp3) is 0.167.